The SMILES string of the molecule is CCCC(c1cccs1)N1C2CCCC1CC(NC)C2. The van der Waals surface area contributed by atoms with Crippen molar-refractivity contribution in [2.24, 2.45) is 0 Å². The van der Waals surface area contributed by atoms with Gasteiger partial charge in [-0.05, 0) is 50.6 Å². The fourth-order valence-electron chi connectivity index (χ4n) is 4.35. The highest BCUT2D eigenvalue weighted by molar-refractivity contribution is 7.10. The number of hydrogen-bond donors (Lipinski definition) is 1. The minimum Gasteiger partial charge on any atom is -0.317 e. The molecule has 1 aromatic rings. The zero-order chi connectivity index (χ0) is 13.9. The number of nitrogens with zero attached hydrogens (tertiary/aromatic N) is 1. The fraction of sp³-hybridized carbons (Fsp3) is 0.765. The van der Waals surface area contributed by atoms with Crippen molar-refractivity contribution in [3.63, 3.8) is 0 Å². The maximum absolute atomic E-state index is 3.53. The Morgan fingerprint density at radius 2 is 2.10 bits per heavy atom. The van der Waals surface area contributed by atoms with E-state index in [9.17, 15) is 0 Å². The minimum atomic E-state index is 0.674. The maximum atomic E-state index is 3.53. The summed E-state index contributed by atoms with van der Waals surface area (Å²) in [6.07, 6.45) is 9.54. The molecule has 3 heterocycles. The van der Waals surface area contributed by atoms with Gasteiger partial charge in [-0.15, -0.1) is 11.3 Å². The lowest BCUT2D eigenvalue weighted by Gasteiger charge is -2.52. The molecule has 0 aliphatic carbocycles. The highest BCUT2D eigenvalue weighted by Gasteiger charge is 2.41. The molecular weight excluding hydrogens is 264 g/mol. The van der Waals surface area contributed by atoms with Gasteiger partial charge in [0.05, 0.1) is 0 Å². The second kappa shape index (κ2) is 6.59. The van der Waals surface area contributed by atoms with E-state index in [1.807, 2.05) is 11.3 Å². The van der Waals surface area contributed by atoms with Gasteiger partial charge in [0, 0.05) is 29.0 Å². The lowest BCUT2D eigenvalue weighted by atomic mass is 9.80. The van der Waals surface area contributed by atoms with Crippen LogP contribution in [0.15, 0.2) is 17.5 Å². The quantitative estimate of drug-likeness (QED) is 0.875. The summed E-state index contributed by atoms with van der Waals surface area (Å²) in [7, 11) is 2.14. The molecule has 2 bridgehead atoms. The van der Waals surface area contributed by atoms with Crippen molar-refractivity contribution >= 4 is 11.3 Å². The molecule has 2 aliphatic heterocycles. The van der Waals surface area contributed by atoms with Crippen LogP contribution in [-0.2, 0) is 0 Å². The molecular formula is C17H28N2S. The summed E-state index contributed by atoms with van der Waals surface area (Å²) in [5.74, 6) is 0. The highest BCUT2D eigenvalue weighted by Crippen LogP contribution is 2.42. The summed E-state index contributed by atoms with van der Waals surface area (Å²) in [6, 6.07) is 7.60. The molecule has 0 saturated carbocycles. The van der Waals surface area contributed by atoms with Gasteiger partial charge >= 0.3 is 0 Å². The molecule has 2 fully saturated rings. The number of nitrogens with one attached hydrogen (secondary N) is 1. The first-order chi connectivity index (χ1) is 9.83. The van der Waals surface area contributed by atoms with Crippen molar-refractivity contribution in [1.29, 1.82) is 0 Å². The van der Waals surface area contributed by atoms with E-state index < -0.39 is 0 Å². The number of thiophene rings is 1. The molecule has 0 aromatic carbocycles. The molecule has 2 aliphatic rings. The maximum Gasteiger partial charge on any atom is 0.0447 e. The highest BCUT2D eigenvalue weighted by atomic mass is 32.1. The van der Waals surface area contributed by atoms with Gasteiger partial charge < -0.3 is 5.32 Å². The number of rotatable bonds is 5. The van der Waals surface area contributed by atoms with E-state index in [1.165, 1.54) is 44.9 Å². The van der Waals surface area contributed by atoms with E-state index in [0.29, 0.717) is 6.04 Å². The predicted molar refractivity (Wildman–Crippen MR) is 87.3 cm³/mol. The van der Waals surface area contributed by atoms with Crippen LogP contribution in [0.2, 0.25) is 0 Å². The third kappa shape index (κ3) is 2.81. The summed E-state index contributed by atoms with van der Waals surface area (Å²) in [5.41, 5.74) is 0. The van der Waals surface area contributed by atoms with Crippen LogP contribution in [0, 0.1) is 0 Å². The monoisotopic (exact) mass is 292 g/mol. The van der Waals surface area contributed by atoms with Crippen LogP contribution in [0.4, 0.5) is 0 Å². The van der Waals surface area contributed by atoms with Crippen molar-refractivity contribution < 1.29 is 0 Å². The van der Waals surface area contributed by atoms with Gasteiger partial charge in [-0.1, -0.05) is 25.8 Å². The molecule has 2 saturated heterocycles. The van der Waals surface area contributed by atoms with Crippen LogP contribution in [0.5, 0.6) is 0 Å². The van der Waals surface area contributed by atoms with Gasteiger partial charge in [0.25, 0.3) is 0 Å². The van der Waals surface area contributed by atoms with Crippen molar-refractivity contribution in [2.75, 3.05) is 7.05 Å². The second-order valence-electron chi connectivity index (χ2n) is 6.46. The predicted octanol–water partition coefficient (Wildman–Crippen LogP) is 4.19. The standard InChI is InChI=1S/C17H28N2S/c1-3-6-16(17-9-5-10-20-17)19-14-7-4-8-15(19)12-13(11-14)18-2/h5,9-10,13-16,18H,3-4,6-8,11-12H2,1-2H3. The Balaban J connectivity index is 1.83. The van der Waals surface area contributed by atoms with Gasteiger partial charge in [0.2, 0.25) is 0 Å². The first-order valence-electron chi connectivity index (χ1n) is 8.31. The van der Waals surface area contributed by atoms with Crippen molar-refractivity contribution in [3.8, 4) is 0 Å². The zero-order valence-corrected chi connectivity index (χ0v) is 13.7. The van der Waals surface area contributed by atoms with Crippen molar-refractivity contribution in [1.82, 2.24) is 10.2 Å². The summed E-state index contributed by atoms with van der Waals surface area (Å²) >= 11 is 1.95. The van der Waals surface area contributed by atoms with Crippen LogP contribution in [0.25, 0.3) is 0 Å². The molecule has 112 valence electrons. The Labute approximate surface area is 127 Å². The van der Waals surface area contributed by atoms with Gasteiger partial charge in [0.15, 0.2) is 0 Å². The minimum absolute atomic E-state index is 0.674. The molecule has 3 rings (SSSR count). The average molecular weight is 292 g/mol. The molecule has 1 N–H and O–H groups in total. The lowest BCUT2D eigenvalue weighted by Crippen LogP contribution is -2.56. The first kappa shape index (κ1) is 14.6. The van der Waals surface area contributed by atoms with Gasteiger partial charge in [0.1, 0.15) is 0 Å². The van der Waals surface area contributed by atoms with E-state index in [2.05, 4.69) is 41.7 Å². The molecule has 0 radical (unpaired) electrons. The summed E-state index contributed by atoms with van der Waals surface area (Å²) in [6.45, 7) is 2.33. The van der Waals surface area contributed by atoms with Crippen molar-refractivity contribution in [3.05, 3.63) is 22.4 Å². The summed E-state index contributed by atoms with van der Waals surface area (Å²) in [5, 5.41) is 5.78. The normalized spacial score (nSPS) is 32.2. The number of fused-ring (bicyclic) bond motifs is 2. The van der Waals surface area contributed by atoms with E-state index in [0.717, 1.165) is 18.1 Å². The van der Waals surface area contributed by atoms with Crippen LogP contribution in [0.3, 0.4) is 0 Å². The van der Waals surface area contributed by atoms with E-state index in [1.54, 1.807) is 4.88 Å². The average Bonchev–Trinajstić information content (AvgIpc) is 2.97. The van der Waals surface area contributed by atoms with E-state index in [-0.39, 0.29) is 0 Å². The molecule has 0 amide bonds. The van der Waals surface area contributed by atoms with Crippen LogP contribution in [-0.4, -0.2) is 30.1 Å². The largest absolute Gasteiger partial charge is 0.317 e. The van der Waals surface area contributed by atoms with Gasteiger partial charge in [-0.2, -0.15) is 0 Å². The molecule has 3 heteroatoms. The summed E-state index contributed by atoms with van der Waals surface area (Å²) in [4.78, 5) is 4.50. The Kier molecular flexibility index (Phi) is 4.79. The van der Waals surface area contributed by atoms with Crippen LogP contribution >= 0.6 is 11.3 Å². The topological polar surface area (TPSA) is 15.3 Å². The molecule has 3 atom stereocenters. The zero-order valence-electron chi connectivity index (χ0n) is 12.8. The second-order valence-corrected chi connectivity index (χ2v) is 7.44. The molecule has 3 unspecified atom stereocenters. The summed E-state index contributed by atoms with van der Waals surface area (Å²) < 4.78 is 0. The Bertz CT molecular complexity index is 389. The van der Waals surface area contributed by atoms with Gasteiger partial charge in [-0.25, -0.2) is 0 Å². The smallest absolute Gasteiger partial charge is 0.0447 e. The van der Waals surface area contributed by atoms with E-state index >= 15 is 0 Å². The number of hydrogen-bond acceptors (Lipinski definition) is 3. The first-order valence-corrected chi connectivity index (χ1v) is 9.19. The van der Waals surface area contributed by atoms with E-state index in [4.69, 9.17) is 0 Å². The van der Waals surface area contributed by atoms with Crippen LogP contribution in [0.1, 0.15) is 62.8 Å². The van der Waals surface area contributed by atoms with Gasteiger partial charge in [-0.3, -0.25) is 4.90 Å². The Morgan fingerprint density at radius 3 is 2.65 bits per heavy atom. The molecule has 2 nitrogen and oxygen atoms in total. The Morgan fingerprint density at radius 1 is 1.35 bits per heavy atom. The Hall–Kier alpha value is -0.380. The third-order valence-electron chi connectivity index (χ3n) is 5.23. The molecule has 20 heavy (non-hydrogen) atoms. The molecule has 0 spiro atoms. The lowest BCUT2D eigenvalue weighted by molar-refractivity contribution is -0.0128. The third-order valence-corrected chi connectivity index (χ3v) is 6.21. The molecule has 1 aromatic heterocycles. The van der Waals surface area contributed by atoms with Crippen LogP contribution < -0.4 is 5.32 Å². The number of piperidine rings is 2. The fourth-order valence-corrected chi connectivity index (χ4v) is 5.22. The van der Waals surface area contributed by atoms with Crippen molar-refractivity contribution in [2.45, 2.75) is 76.0 Å².